The first-order valence-corrected chi connectivity index (χ1v) is 16.3. The highest BCUT2D eigenvalue weighted by Crippen LogP contribution is 2.36. The number of benzene rings is 4. The largest absolute Gasteiger partial charge is 0.497 e. The predicted octanol–water partition coefficient (Wildman–Crippen LogP) is 6.47. The molecule has 1 heterocycles. The zero-order chi connectivity index (χ0) is 34.0. The van der Waals surface area contributed by atoms with Crippen molar-refractivity contribution < 1.29 is 33.3 Å². The van der Waals surface area contributed by atoms with Crippen molar-refractivity contribution in [2.75, 3.05) is 44.8 Å². The van der Waals surface area contributed by atoms with Crippen LogP contribution in [0.1, 0.15) is 15.9 Å². The molecule has 0 saturated carbocycles. The summed E-state index contributed by atoms with van der Waals surface area (Å²) < 4.78 is 22.5. The summed E-state index contributed by atoms with van der Waals surface area (Å²) in [6.45, 7) is 0. The number of thioether (sulfide) groups is 1. The molecule has 0 radical (unpaired) electrons. The third-order valence-electron chi connectivity index (χ3n) is 6.87. The highest BCUT2D eigenvalue weighted by molar-refractivity contribution is 8.00. The normalized spacial score (nSPS) is 11.0. The zero-order valence-corrected chi connectivity index (χ0v) is 28.1. The summed E-state index contributed by atoms with van der Waals surface area (Å²) in [6.07, 6.45) is 1.50. The van der Waals surface area contributed by atoms with E-state index in [9.17, 15) is 14.4 Å². The minimum atomic E-state index is -0.580. The Morgan fingerprint density at radius 3 is 2.27 bits per heavy atom. The SMILES string of the molecule is COc1ccc2nc(NC(=O)CSc3cccc(NC(=O)/C(=C\c4cc(OC)c(OC)cc4OC)NC(=O)c4ccccc4)c3)sc2c1. The first-order valence-electron chi connectivity index (χ1n) is 14.5. The van der Waals surface area contributed by atoms with E-state index in [-0.39, 0.29) is 17.4 Å². The Hall–Kier alpha value is -5.53. The number of hydrogen-bond acceptors (Lipinski definition) is 10. The number of amides is 3. The number of rotatable bonds is 13. The van der Waals surface area contributed by atoms with Gasteiger partial charge in [0.15, 0.2) is 16.6 Å². The number of ether oxygens (including phenoxy) is 4. The van der Waals surface area contributed by atoms with E-state index in [0.717, 1.165) is 15.1 Å². The molecule has 0 aliphatic rings. The number of hydrogen-bond donors (Lipinski definition) is 3. The first-order chi connectivity index (χ1) is 23.3. The Morgan fingerprint density at radius 2 is 1.54 bits per heavy atom. The molecule has 246 valence electrons. The summed E-state index contributed by atoms with van der Waals surface area (Å²) in [5.41, 5.74) is 2.03. The number of nitrogens with one attached hydrogen (secondary N) is 3. The number of fused-ring (bicyclic) bond motifs is 1. The van der Waals surface area contributed by atoms with E-state index in [1.807, 2.05) is 24.3 Å². The lowest BCUT2D eigenvalue weighted by Gasteiger charge is -2.15. The Bertz CT molecular complexity index is 1980. The minimum absolute atomic E-state index is 0.0414. The average Bonchev–Trinajstić information content (AvgIpc) is 3.51. The molecular weight excluding hydrogens is 653 g/mol. The van der Waals surface area contributed by atoms with Crippen LogP contribution >= 0.6 is 23.1 Å². The van der Waals surface area contributed by atoms with Crippen LogP contribution in [-0.4, -0.2) is 56.9 Å². The molecule has 13 heteroatoms. The van der Waals surface area contributed by atoms with Crippen molar-refractivity contribution in [2.45, 2.75) is 4.90 Å². The topological polar surface area (TPSA) is 137 Å². The molecule has 0 bridgehead atoms. The van der Waals surface area contributed by atoms with Gasteiger partial charge in [-0.3, -0.25) is 14.4 Å². The third-order valence-corrected chi connectivity index (χ3v) is 8.80. The fourth-order valence-electron chi connectivity index (χ4n) is 4.52. The van der Waals surface area contributed by atoms with E-state index in [4.69, 9.17) is 18.9 Å². The second kappa shape index (κ2) is 15.8. The van der Waals surface area contributed by atoms with Gasteiger partial charge in [-0.15, -0.1) is 11.8 Å². The number of methoxy groups -OCH3 is 4. The van der Waals surface area contributed by atoms with E-state index in [1.54, 1.807) is 67.8 Å². The maximum atomic E-state index is 13.7. The van der Waals surface area contributed by atoms with E-state index >= 15 is 0 Å². The number of nitrogens with zero attached hydrogens (tertiary/aromatic N) is 1. The molecule has 3 amide bonds. The molecule has 11 nitrogen and oxygen atoms in total. The smallest absolute Gasteiger partial charge is 0.272 e. The van der Waals surface area contributed by atoms with Crippen LogP contribution in [0.25, 0.3) is 16.3 Å². The van der Waals surface area contributed by atoms with Crippen LogP contribution in [0.4, 0.5) is 10.8 Å². The number of carbonyl (C=O) groups excluding carboxylic acids is 3. The quantitative estimate of drug-likeness (QED) is 0.0941. The second-order valence-electron chi connectivity index (χ2n) is 10.00. The van der Waals surface area contributed by atoms with Gasteiger partial charge >= 0.3 is 0 Å². The zero-order valence-electron chi connectivity index (χ0n) is 26.5. The summed E-state index contributed by atoms with van der Waals surface area (Å²) in [7, 11) is 6.08. The maximum absolute atomic E-state index is 13.7. The standard InChI is InChI=1S/C35H32N4O7S2/c1-43-24-13-14-26-31(18-24)48-35(38-26)39-32(40)20-47-25-12-8-11-23(17-25)36-34(42)27(37-33(41)21-9-6-5-7-10-21)15-22-16-29(45-3)30(46-4)19-28(22)44-2/h5-19H,20H2,1-4H3,(H,36,42)(H,37,41)(H,38,39,40)/b27-15+. The minimum Gasteiger partial charge on any atom is -0.497 e. The van der Waals surface area contributed by atoms with Crippen LogP contribution in [0.3, 0.4) is 0 Å². The van der Waals surface area contributed by atoms with Crippen molar-refractivity contribution in [3.63, 3.8) is 0 Å². The molecule has 48 heavy (non-hydrogen) atoms. The number of thiazole rings is 1. The summed E-state index contributed by atoms with van der Waals surface area (Å²) >= 11 is 2.66. The summed E-state index contributed by atoms with van der Waals surface area (Å²) in [5.74, 6) is 0.808. The van der Waals surface area contributed by atoms with Crippen molar-refractivity contribution in [1.82, 2.24) is 10.3 Å². The Labute approximate surface area is 285 Å². The van der Waals surface area contributed by atoms with Crippen LogP contribution < -0.4 is 34.9 Å². The van der Waals surface area contributed by atoms with Gasteiger partial charge < -0.3 is 34.9 Å². The third kappa shape index (κ3) is 8.43. The molecule has 5 aromatic rings. The van der Waals surface area contributed by atoms with Gasteiger partial charge in [-0.2, -0.15) is 0 Å². The summed E-state index contributed by atoms with van der Waals surface area (Å²) in [6, 6.07) is 24.4. The number of carbonyl (C=O) groups is 3. The van der Waals surface area contributed by atoms with Gasteiger partial charge in [0, 0.05) is 27.8 Å². The van der Waals surface area contributed by atoms with Crippen molar-refractivity contribution in [1.29, 1.82) is 0 Å². The molecular formula is C35H32N4O7S2. The highest BCUT2D eigenvalue weighted by atomic mass is 32.2. The Kier molecular flexibility index (Phi) is 11.2. The summed E-state index contributed by atoms with van der Waals surface area (Å²) in [5, 5.41) is 8.91. The molecule has 0 aliphatic carbocycles. The van der Waals surface area contributed by atoms with Gasteiger partial charge in [0.05, 0.1) is 44.4 Å². The Morgan fingerprint density at radius 1 is 0.792 bits per heavy atom. The lowest BCUT2D eigenvalue weighted by atomic mass is 10.1. The molecule has 0 fully saturated rings. The average molecular weight is 685 g/mol. The van der Waals surface area contributed by atoms with Gasteiger partial charge in [-0.05, 0) is 60.7 Å². The summed E-state index contributed by atoms with van der Waals surface area (Å²) in [4.78, 5) is 44.8. The maximum Gasteiger partial charge on any atom is 0.272 e. The van der Waals surface area contributed by atoms with Crippen LogP contribution in [-0.2, 0) is 9.59 Å². The van der Waals surface area contributed by atoms with Gasteiger partial charge in [0.25, 0.3) is 11.8 Å². The molecule has 4 aromatic carbocycles. The molecule has 0 atom stereocenters. The van der Waals surface area contributed by atoms with E-state index in [2.05, 4.69) is 20.9 Å². The van der Waals surface area contributed by atoms with Gasteiger partial charge in [-0.1, -0.05) is 35.6 Å². The molecule has 3 N–H and O–H groups in total. The van der Waals surface area contributed by atoms with Crippen molar-refractivity contribution in [2.24, 2.45) is 0 Å². The molecule has 0 saturated heterocycles. The van der Waals surface area contributed by atoms with Crippen molar-refractivity contribution >= 4 is 67.9 Å². The van der Waals surface area contributed by atoms with Crippen LogP contribution in [0.2, 0.25) is 0 Å². The van der Waals surface area contributed by atoms with Crippen LogP contribution in [0.5, 0.6) is 23.0 Å². The fraction of sp³-hybridized carbons (Fsp3) is 0.143. The molecule has 0 aliphatic heterocycles. The molecule has 0 spiro atoms. The lowest BCUT2D eigenvalue weighted by Crippen LogP contribution is -2.30. The van der Waals surface area contributed by atoms with E-state index in [0.29, 0.717) is 44.9 Å². The molecule has 5 rings (SSSR count). The van der Waals surface area contributed by atoms with Crippen LogP contribution in [0, 0.1) is 0 Å². The van der Waals surface area contributed by atoms with Gasteiger partial charge in [0.2, 0.25) is 5.91 Å². The number of anilines is 2. The van der Waals surface area contributed by atoms with Crippen molar-refractivity contribution in [3.05, 3.63) is 102 Å². The highest BCUT2D eigenvalue weighted by Gasteiger charge is 2.18. The fourth-order valence-corrected chi connectivity index (χ4v) is 6.18. The monoisotopic (exact) mass is 684 g/mol. The molecule has 0 unspecified atom stereocenters. The van der Waals surface area contributed by atoms with Gasteiger partial charge in [0.1, 0.15) is 17.2 Å². The van der Waals surface area contributed by atoms with Crippen LogP contribution in [0.15, 0.2) is 95.5 Å². The predicted molar refractivity (Wildman–Crippen MR) is 189 cm³/mol. The first kappa shape index (κ1) is 33.8. The lowest BCUT2D eigenvalue weighted by molar-refractivity contribution is -0.114. The van der Waals surface area contributed by atoms with E-state index in [1.165, 1.54) is 50.5 Å². The second-order valence-corrected chi connectivity index (χ2v) is 12.1. The molecule has 1 aromatic heterocycles. The van der Waals surface area contributed by atoms with E-state index < -0.39 is 11.8 Å². The Balaban J connectivity index is 1.31. The number of aromatic nitrogens is 1. The van der Waals surface area contributed by atoms with Gasteiger partial charge in [-0.25, -0.2) is 4.98 Å². The van der Waals surface area contributed by atoms with Crippen molar-refractivity contribution in [3.8, 4) is 23.0 Å².